The molecule has 0 aromatic heterocycles. The number of aryl methyl sites for hydroxylation is 2. The second-order valence-corrected chi connectivity index (χ2v) is 23.9. The standard InChI is InChI=1S/C21H25.C15H14.C13H21.2ClH.Zr/c1-20(2,3)16-9-7-14-11-15-8-10-17(21(4,5)6)13-19(15)18(14)12-16;1-12-3-7-14(8-4-12)11-15-9-5-13(2)6-10-15;1-6-10-8-11(7-2)12(9-10)13(3,4)5;;;/h7,9-10,12-13H,11H2,1-6H3;3-10H,1-2H3;9-10H,6-7H2,1-5H3;2*1H;/q;;;;;+2/p-2. The molecule has 2 aliphatic rings. The van der Waals surface area contributed by atoms with Gasteiger partial charge in [0.15, 0.2) is 0 Å². The average Bonchev–Trinajstić information content (AvgIpc) is 3.62. The van der Waals surface area contributed by atoms with Gasteiger partial charge in [0.2, 0.25) is 0 Å². The molecule has 4 aromatic carbocycles. The summed E-state index contributed by atoms with van der Waals surface area (Å²) in [6.07, 6.45) is 5.96. The van der Waals surface area contributed by atoms with Crippen molar-refractivity contribution in [1.29, 1.82) is 0 Å². The van der Waals surface area contributed by atoms with Gasteiger partial charge in [0.25, 0.3) is 0 Å². The number of fused-ring (bicyclic) bond motifs is 3. The summed E-state index contributed by atoms with van der Waals surface area (Å²) in [4.78, 5) is 0. The number of benzene rings is 4. The maximum atomic E-state index is 2.72. The van der Waals surface area contributed by atoms with Gasteiger partial charge in [-0.2, -0.15) is 0 Å². The maximum Gasteiger partial charge on any atom is -1.00 e. The molecule has 0 radical (unpaired) electrons. The zero-order chi connectivity index (χ0) is 36.3. The Morgan fingerprint density at radius 1 is 0.635 bits per heavy atom. The molecule has 6 rings (SSSR count). The Balaban J connectivity index is 0.00000302. The van der Waals surface area contributed by atoms with E-state index in [1.807, 2.05) is 3.28 Å². The number of hydrogen-bond acceptors (Lipinski definition) is 0. The summed E-state index contributed by atoms with van der Waals surface area (Å²) in [6.45, 7) is 30.9. The molecule has 0 heterocycles. The van der Waals surface area contributed by atoms with Crippen molar-refractivity contribution in [3.63, 3.8) is 0 Å². The molecule has 3 heteroatoms. The van der Waals surface area contributed by atoms with Crippen LogP contribution in [0.4, 0.5) is 0 Å². The average molecular weight is 811 g/mol. The molecule has 0 amide bonds. The minimum atomic E-state index is -3.00. The van der Waals surface area contributed by atoms with Crippen LogP contribution in [0.25, 0.3) is 11.1 Å². The Morgan fingerprint density at radius 2 is 1.15 bits per heavy atom. The summed E-state index contributed by atoms with van der Waals surface area (Å²) in [6, 6.07) is 31.8. The van der Waals surface area contributed by atoms with Gasteiger partial charge in [0.05, 0.1) is 0 Å². The molecular formula is C49H60Cl2Zr. The van der Waals surface area contributed by atoms with Crippen molar-refractivity contribution >= 4 is 6.48 Å². The normalized spacial score (nSPS) is 15.2. The molecule has 4 aromatic rings. The first-order valence-corrected chi connectivity index (χ1v) is 22.8. The minimum absolute atomic E-state index is 0. The summed E-state index contributed by atoms with van der Waals surface area (Å²) in [5, 5.41) is 0. The van der Waals surface area contributed by atoms with E-state index >= 15 is 0 Å². The quantitative estimate of drug-likeness (QED) is 0.180. The summed E-state index contributed by atoms with van der Waals surface area (Å²) >= 11 is -3.00. The van der Waals surface area contributed by atoms with Gasteiger partial charge in [0, 0.05) is 0 Å². The molecule has 0 aliphatic heterocycles. The molecule has 1 unspecified atom stereocenters. The van der Waals surface area contributed by atoms with Crippen LogP contribution in [-0.2, 0) is 38.5 Å². The van der Waals surface area contributed by atoms with Crippen molar-refractivity contribution in [2.24, 2.45) is 11.3 Å². The molecule has 0 saturated heterocycles. The topological polar surface area (TPSA) is 0 Å². The molecule has 0 fully saturated rings. The molecule has 0 nitrogen and oxygen atoms in total. The maximum absolute atomic E-state index is 3.00. The van der Waals surface area contributed by atoms with Crippen LogP contribution in [-0.4, -0.2) is 3.21 Å². The molecule has 0 spiro atoms. The summed E-state index contributed by atoms with van der Waals surface area (Å²) in [5.41, 5.74) is 17.9. The molecule has 2 aliphatic carbocycles. The van der Waals surface area contributed by atoms with Gasteiger partial charge >= 0.3 is 314 Å². The summed E-state index contributed by atoms with van der Waals surface area (Å²) in [5.74, 6) is 0.477. The predicted octanol–water partition coefficient (Wildman–Crippen LogP) is 6.67. The fourth-order valence-electron chi connectivity index (χ4n) is 8.20. The Hall–Kier alpha value is -2.31. The molecule has 52 heavy (non-hydrogen) atoms. The van der Waals surface area contributed by atoms with Crippen LogP contribution in [0.5, 0.6) is 0 Å². The fourth-order valence-corrected chi connectivity index (χ4v) is 17.6. The van der Waals surface area contributed by atoms with Crippen molar-refractivity contribution in [3.05, 3.63) is 144 Å². The Morgan fingerprint density at radius 3 is 1.62 bits per heavy atom. The van der Waals surface area contributed by atoms with Crippen LogP contribution in [0, 0.1) is 25.2 Å². The third kappa shape index (κ3) is 8.19. The SMILES string of the molecule is CCC1=[C]([Zr+2](=[C](c2ccc(C)cc2)c2ccc(C)cc2)[c]2cc(C(C)(C)C)cc3c2Cc2ccc(C(C)(C)C)cc2-3)C(CC)C=C1C(C)(C)C.[Cl-].[Cl-]. The second-order valence-electron chi connectivity index (χ2n) is 18.2. The first-order chi connectivity index (χ1) is 23.4. The Bertz CT molecular complexity index is 1990. The smallest absolute Gasteiger partial charge is 1.00 e. The van der Waals surface area contributed by atoms with Crippen molar-refractivity contribution in [3.8, 4) is 11.1 Å². The van der Waals surface area contributed by atoms with E-state index in [2.05, 4.69) is 175 Å². The van der Waals surface area contributed by atoms with Gasteiger partial charge in [-0.3, -0.25) is 0 Å². The zero-order valence-corrected chi connectivity index (χ0v) is 38.0. The van der Waals surface area contributed by atoms with Crippen molar-refractivity contribution in [2.75, 3.05) is 0 Å². The molecule has 274 valence electrons. The van der Waals surface area contributed by atoms with Crippen LogP contribution >= 0.6 is 0 Å². The van der Waals surface area contributed by atoms with E-state index in [9.17, 15) is 0 Å². The molecule has 0 bridgehead atoms. The predicted molar refractivity (Wildman–Crippen MR) is 216 cm³/mol. The summed E-state index contributed by atoms with van der Waals surface area (Å²) in [7, 11) is 0. The van der Waals surface area contributed by atoms with Crippen molar-refractivity contribution in [2.45, 2.75) is 120 Å². The van der Waals surface area contributed by atoms with Gasteiger partial charge in [-0.05, 0) is 0 Å². The van der Waals surface area contributed by atoms with Crippen LogP contribution in [0.1, 0.15) is 134 Å². The first kappa shape index (κ1) is 42.4. The minimum Gasteiger partial charge on any atom is -1.00 e. The van der Waals surface area contributed by atoms with Gasteiger partial charge in [-0.15, -0.1) is 0 Å². The van der Waals surface area contributed by atoms with Gasteiger partial charge in [-0.1, -0.05) is 0 Å². The Kier molecular flexibility index (Phi) is 12.9. The van der Waals surface area contributed by atoms with Crippen molar-refractivity contribution < 1.29 is 46.1 Å². The van der Waals surface area contributed by atoms with Gasteiger partial charge in [0.1, 0.15) is 0 Å². The van der Waals surface area contributed by atoms with E-state index in [4.69, 9.17) is 0 Å². The van der Waals surface area contributed by atoms with Crippen LogP contribution in [0.15, 0.2) is 99.4 Å². The van der Waals surface area contributed by atoms with Crippen molar-refractivity contribution in [1.82, 2.24) is 0 Å². The number of rotatable bonds is 6. The Labute approximate surface area is 336 Å². The van der Waals surface area contributed by atoms with E-state index in [0.717, 1.165) is 19.3 Å². The second kappa shape index (κ2) is 15.8. The first-order valence-electron chi connectivity index (χ1n) is 19.1. The number of halogens is 2. The summed E-state index contributed by atoms with van der Waals surface area (Å²) < 4.78 is 5.15. The van der Waals surface area contributed by atoms with E-state index in [1.54, 1.807) is 23.2 Å². The molecule has 1 atom stereocenters. The number of allylic oxidation sites excluding steroid dienone is 4. The van der Waals surface area contributed by atoms with Gasteiger partial charge < -0.3 is 24.8 Å². The zero-order valence-electron chi connectivity index (χ0n) is 34.0. The third-order valence-corrected chi connectivity index (χ3v) is 19.3. The van der Waals surface area contributed by atoms with E-state index < -0.39 is 21.3 Å². The molecule has 0 saturated carbocycles. The number of hydrogen-bond donors (Lipinski definition) is 0. The van der Waals surface area contributed by atoms with Crippen LogP contribution in [0.2, 0.25) is 0 Å². The van der Waals surface area contributed by atoms with Gasteiger partial charge in [-0.25, -0.2) is 0 Å². The third-order valence-electron chi connectivity index (χ3n) is 11.2. The fraction of sp³-hybridized carbons (Fsp3) is 0.408. The van der Waals surface area contributed by atoms with Crippen LogP contribution < -0.4 is 28.1 Å². The van der Waals surface area contributed by atoms with E-state index in [1.165, 1.54) is 50.1 Å². The van der Waals surface area contributed by atoms with E-state index in [0.29, 0.717) is 5.92 Å². The molecule has 0 N–H and O–H groups in total. The van der Waals surface area contributed by atoms with E-state index in [-0.39, 0.29) is 41.1 Å². The molecular weight excluding hydrogens is 751 g/mol. The largest absolute Gasteiger partial charge is 1.00 e. The monoisotopic (exact) mass is 808 g/mol. The van der Waals surface area contributed by atoms with Crippen LogP contribution in [0.3, 0.4) is 0 Å².